The summed E-state index contributed by atoms with van der Waals surface area (Å²) in [6.45, 7) is 6.47. The number of carbonyl (C=O) groups is 2. The first-order chi connectivity index (χ1) is 10.0. The largest absolute Gasteiger partial charge is 0.342 e. The van der Waals surface area contributed by atoms with Gasteiger partial charge in [0.2, 0.25) is 11.8 Å². The van der Waals surface area contributed by atoms with Crippen LogP contribution in [0.4, 0.5) is 0 Å². The Balaban J connectivity index is 2.17. The maximum Gasteiger partial charge on any atom is 0.246 e. The van der Waals surface area contributed by atoms with Crippen LogP contribution in [0.3, 0.4) is 0 Å². The fourth-order valence-electron chi connectivity index (χ4n) is 2.80. The third-order valence-electron chi connectivity index (χ3n) is 4.38. The molecule has 1 saturated heterocycles. The summed E-state index contributed by atoms with van der Waals surface area (Å²) < 4.78 is 0. The minimum atomic E-state index is -0.724. The van der Waals surface area contributed by atoms with Crippen LogP contribution >= 0.6 is 11.3 Å². The van der Waals surface area contributed by atoms with Crippen molar-refractivity contribution in [3.63, 3.8) is 0 Å². The average molecular weight is 308 g/mol. The molecule has 0 radical (unpaired) electrons. The lowest BCUT2D eigenvalue weighted by atomic mass is 9.89. The SMILES string of the molecule is CCCC1NC(=O)C(C)(CC)N(CCc2cccs2)C1=O. The van der Waals surface area contributed by atoms with Gasteiger partial charge in [0.15, 0.2) is 0 Å². The molecule has 1 aromatic rings. The zero-order valence-corrected chi connectivity index (χ0v) is 13.8. The molecule has 2 rings (SSSR count). The molecule has 1 aromatic heterocycles. The van der Waals surface area contributed by atoms with E-state index < -0.39 is 5.54 Å². The zero-order chi connectivity index (χ0) is 15.5. The van der Waals surface area contributed by atoms with Gasteiger partial charge < -0.3 is 10.2 Å². The summed E-state index contributed by atoms with van der Waals surface area (Å²) in [6, 6.07) is 3.74. The highest BCUT2D eigenvalue weighted by atomic mass is 32.1. The first-order valence-corrected chi connectivity index (χ1v) is 8.55. The summed E-state index contributed by atoms with van der Waals surface area (Å²) in [6.07, 6.45) is 3.04. The Morgan fingerprint density at radius 3 is 2.71 bits per heavy atom. The highest BCUT2D eigenvalue weighted by Gasteiger charge is 2.47. The van der Waals surface area contributed by atoms with Gasteiger partial charge in [-0.15, -0.1) is 11.3 Å². The topological polar surface area (TPSA) is 49.4 Å². The van der Waals surface area contributed by atoms with Gasteiger partial charge in [0, 0.05) is 11.4 Å². The molecule has 1 aliphatic heterocycles. The third-order valence-corrected chi connectivity index (χ3v) is 5.32. The van der Waals surface area contributed by atoms with Crippen LogP contribution < -0.4 is 5.32 Å². The van der Waals surface area contributed by atoms with Gasteiger partial charge in [-0.25, -0.2) is 0 Å². The standard InChI is InChI=1S/C16H24N2O2S/c1-4-7-13-14(19)18(10-9-12-8-6-11-21-12)16(3,5-2)15(20)17-13/h6,8,11,13H,4-5,7,9-10H2,1-3H3,(H,17,20). The molecule has 2 atom stereocenters. The number of carbonyl (C=O) groups excluding carboxylic acids is 2. The van der Waals surface area contributed by atoms with E-state index in [9.17, 15) is 9.59 Å². The van der Waals surface area contributed by atoms with Crippen LogP contribution in [0.5, 0.6) is 0 Å². The first-order valence-electron chi connectivity index (χ1n) is 7.67. The monoisotopic (exact) mass is 308 g/mol. The van der Waals surface area contributed by atoms with E-state index in [1.54, 1.807) is 16.2 Å². The second-order valence-corrected chi connectivity index (χ2v) is 6.79. The van der Waals surface area contributed by atoms with Crippen molar-refractivity contribution in [1.82, 2.24) is 10.2 Å². The fraction of sp³-hybridized carbons (Fsp3) is 0.625. The number of nitrogens with one attached hydrogen (secondary N) is 1. The summed E-state index contributed by atoms with van der Waals surface area (Å²) in [5, 5.41) is 4.94. The molecule has 2 heterocycles. The van der Waals surface area contributed by atoms with Crippen molar-refractivity contribution >= 4 is 23.2 Å². The van der Waals surface area contributed by atoms with Crippen molar-refractivity contribution in [2.24, 2.45) is 0 Å². The van der Waals surface area contributed by atoms with Gasteiger partial charge in [0.25, 0.3) is 0 Å². The molecular weight excluding hydrogens is 284 g/mol. The van der Waals surface area contributed by atoms with Crippen molar-refractivity contribution < 1.29 is 9.59 Å². The number of hydrogen-bond donors (Lipinski definition) is 1. The van der Waals surface area contributed by atoms with E-state index in [-0.39, 0.29) is 17.9 Å². The Labute approximate surface area is 130 Å². The number of thiophene rings is 1. The number of nitrogens with zero attached hydrogens (tertiary/aromatic N) is 1. The highest BCUT2D eigenvalue weighted by molar-refractivity contribution is 7.09. The molecule has 1 N–H and O–H groups in total. The van der Waals surface area contributed by atoms with E-state index in [1.165, 1.54) is 4.88 Å². The highest BCUT2D eigenvalue weighted by Crippen LogP contribution is 2.27. The normalized spacial score (nSPS) is 26.0. The third kappa shape index (κ3) is 3.12. The fourth-order valence-corrected chi connectivity index (χ4v) is 3.50. The average Bonchev–Trinajstić information content (AvgIpc) is 2.98. The zero-order valence-electron chi connectivity index (χ0n) is 13.0. The molecule has 21 heavy (non-hydrogen) atoms. The van der Waals surface area contributed by atoms with Gasteiger partial charge in [0.1, 0.15) is 11.6 Å². The van der Waals surface area contributed by atoms with Gasteiger partial charge in [-0.3, -0.25) is 9.59 Å². The second kappa shape index (κ2) is 6.60. The van der Waals surface area contributed by atoms with Crippen LogP contribution in [0.15, 0.2) is 17.5 Å². The van der Waals surface area contributed by atoms with Crippen LogP contribution in [-0.4, -0.2) is 34.8 Å². The number of amides is 2. The van der Waals surface area contributed by atoms with E-state index >= 15 is 0 Å². The maximum atomic E-state index is 12.7. The van der Waals surface area contributed by atoms with Crippen molar-refractivity contribution in [3.05, 3.63) is 22.4 Å². The van der Waals surface area contributed by atoms with Crippen LogP contribution in [-0.2, 0) is 16.0 Å². The Hall–Kier alpha value is -1.36. The molecule has 0 saturated carbocycles. The van der Waals surface area contributed by atoms with E-state index in [2.05, 4.69) is 11.4 Å². The van der Waals surface area contributed by atoms with Crippen molar-refractivity contribution in [3.8, 4) is 0 Å². The van der Waals surface area contributed by atoms with Gasteiger partial charge in [-0.2, -0.15) is 0 Å². The Morgan fingerprint density at radius 1 is 1.38 bits per heavy atom. The molecule has 1 fully saturated rings. The molecule has 1 aliphatic rings. The van der Waals surface area contributed by atoms with Gasteiger partial charge in [-0.1, -0.05) is 26.3 Å². The predicted molar refractivity (Wildman–Crippen MR) is 85.3 cm³/mol. The van der Waals surface area contributed by atoms with Crippen molar-refractivity contribution in [2.45, 2.75) is 58.0 Å². The summed E-state index contributed by atoms with van der Waals surface area (Å²) in [5.41, 5.74) is -0.724. The lowest BCUT2D eigenvalue weighted by molar-refractivity contribution is -0.156. The lowest BCUT2D eigenvalue weighted by Gasteiger charge is -2.46. The van der Waals surface area contributed by atoms with Gasteiger partial charge in [0.05, 0.1) is 0 Å². The Morgan fingerprint density at radius 2 is 2.14 bits per heavy atom. The smallest absolute Gasteiger partial charge is 0.246 e. The molecule has 0 spiro atoms. The molecule has 2 amide bonds. The van der Waals surface area contributed by atoms with E-state index in [4.69, 9.17) is 0 Å². The van der Waals surface area contributed by atoms with Crippen molar-refractivity contribution in [1.29, 1.82) is 0 Å². The van der Waals surface area contributed by atoms with Crippen LogP contribution in [0.2, 0.25) is 0 Å². The van der Waals surface area contributed by atoms with Gasteiger partial charge in [-0.05, 0) is 37.6 Å². The number of hydrogen-bond acceptors (Lipinski definition) is 3. The number of rotatable bonds is 6. The number of piperazine rings is 1. The van der Waals surface area contributed by atoms with Crippen LogP contribution in [0.1, 0.15) is 44.9 Å². The maximum absolute atomic E-state index is 12.7. The molecule has 5 heteroatoms. The molecular formula is C16H24N2O2S. The molecule has 0 aliphatic carbocycles. The Kier molecular flexibility index (Phi) is 5.04. The van der Waals surface area contributed by atoms with E-state index in [1.807, 2.05) is 32.2 Å². The van der Waals surface area contributed by atoms with E-state index in [0.29, 0.717) is 19.4 Å². The summed E-state index contributed by atoms with van der Waals surface area (Å²) in [5.74, 6) is 0.0478. The molecule has 116 valence electrons. The van der Waals surface area contributed by atoms with Crippen LogP contribution in [0.25, 0.3) is 0 Å². The minimum absolute atomic E-state index is 0.0192. The van der Waals surface area contributed by atoms with Gasteiger partial charge >= 0.3 is 0 Å². The quantitative estimate of drug-likeness (QED) is 0.878. The van der Waals surface area contributed by atoms with Crippen molar-refractivity contribution in [2.75, 3.05) is 6.54 Å². The Bertz CT molecular complexity index is 500. The van der Waals surface area contributed by atoms with E-state index in [0.717, 1.165) is 12.8 Å². The first kappa shape index (κ1) is 16.0. The molecule has 0 aromatic carbocycles. The van der Waals surface area contributed by atoms with Crippen LogP contribution in [0, 0.1) is 0 Å². The minimum Gasteiger partial charge on any atom is -0.342 e. The predicted octanol–water partition coefficient (Wildman–Crippen LogP) is 2.59. The lowest BCUT2D eigenvalue weighted by Crippen LogP contribution is -2.69. The summed E-state index contributed by atoms with van der Waals surface area (Å²) >= 11 is 1.69. The second-order valence-electron chi connectivity index (χ2n) is 5.76. The molecule has 2 unspecified atom stereocenters. The molecule has 0 bridgehead atoms. The summed E-state index contributed by atoms with van der Waals surface area (Å²) in [7, 11) is 0. The summed E-state index contributed by atoms with van der Waals surface area (Å²) in [4.78, 5) is 28.2. The molecule has 4 nitrogen and oxygen atoms in total.